The van der Waals surface area contributed by atoms with Crippen molar-refractivity contribution >= 4 is 22.4 Å². The van der Waals surface area contributed by atoms with E-state index in [0.29, 0.717) is 0 Å². The third-order valence-electron chi connectivity index (χ3n) is 5.15. The maximum absolute atomic E-state index is 13.4. The van der Waals surface area contributed by atoms with E-state index >= 15 is 0 Å². The summed E-state index contributed by atoms with van der Waals surface area (Å²) in [6.45, 7) is 6.84. The molecule has 1 aliphatic rings. The summed E-state index contributed by atoms with van der Waals surface area (Å²) in [4.78, 5) is 15.7. The number of ketones is 1. The van der Waals surface area contributed by atoms with Gasteiger partial charge in [-0.2, -0.15) is 0 Å². The molecule has 0 radical (unpaired) electrons. The number of fused-ring (bicyclic) bond motifs is 2. The fraction of sp³-hybridized carbons (Fsp3) is 0.286. The van der Waals surface area contributed by atoms with E-state index in [0.717, 1.165) is 41.7 Å². The highest BCUT2D eigenvalue weighted by Crippen LogP contribution is 2.38. The van der Waals surface area contributed by atoms with Gasteiger partial charge in [-0.25, -0.2) is 0 Å². The average Bonchev–Trinajstić information content (AvgIpc) is 3.20. The zero-order chi connectivity index (χ0) is 16.7. The van der Waals surface area contributed by atoms with Gasteiger partial charge in [-0.1, -0.05) is 36.4 Å². The van der Waals surface area contributed by atoms with Gasteiger partial charge in [0.25, 0.3) is 0 Å². The number of likely N-dealkylation sites (N-methyl/N-ethyl adjacent to an activating group) is 1. The van der Waals surface area contributed by atoms with Gasteiger partial charge in [-0.05, 0) is 31.5 Å². The zero-order valence-corrected chi connectivity index (χ0v) is 14.2. The highest BCUT2D eigenvalue weighted by Gasteiger charge is 2.34. The largest absolute Gasteiger partial charge is 0.370 e. The minimum atomic E-state index is -0.0720. The first-order chi connectivity index (χ1) is 11.7. The van der Waals surface area contributed by atoms with E-state index in [4.69, 9.17) is 0 Å². The van der Waals surface area contributed by atoms with Crippen LogP contribution >= 0.6 is 0 Å². The number of benzene rings is 2. The number of rotatable bonds is 4. The number of aryl methyl sites for hydroxylation is 1. The molecule has 0 N–H and O–H groups in total. The molecule has 0 aliphatic carbocycles. The van der Waals surface area contributed by atoms with Crippen LogP contribution in [0.2, 0.25) is 0 Å². The van der Waals surface area contributed by atoms with Crippen molar-refractivity contribution < 1.29 is 4.79 Å². The number of carbonyl (C=O) groups is 1. The summed E-state index contributed by atoms with van der Waals surface area (Å²) in [6, 6.07) is 16.5. The van der Waals surface area contributed by atoms with E-state index in [2.05, 4.69) is 53.6 Å². The van der Waals surface area contributed by atoms with E-state index in [1.165, 1.54) is 5.69 Å². The Morgan fingerprint density at radius 2 is 1.79 bits per heavy atom. The Balaban J connectivity index is 1.81. The summed E-state index contributed by atoms with van der Waals surface area (Å²) in [6.07, 6.45) is 2.03. The maximum atomic E-state index is 13.4. The maximum Gasteiger partial charge on any atom is 0.174 e. The lowest BCUT2D eigenvalue weighted by Crippen LogP contribution is -2.24. The molecule has 0 fully saturated rings. The van der Waals surface area contributed by atoms with Crippen LogP contribution in [-0.2, 0) is 6.54 Å². The molecule has 122 valence electrons. The van der Waals surface area contributed by atoms with Crippen molar-refractivity contribution in [3.63, 3.8) is 0 Å². The van der Waals surface area contributed by atoms with E-state index < -0.39 is 0 Å². The molecule has 3 heteroatoms. The molecule has 24 heavy (non-hydrogen) atoms. The second-order valence-corrected chi connectivity index (χ2v) is 6.36. The number of carbonyl (C=O) groups excluding carboxylic acids is 1. The standard InChI is InChI=1S/C21H22N2O/c1-3-22-13-17(15-9-5-7-11-19(15)22)21(24)18-14-23(4-2)20-12-8-6-10-16(18)20/h5-13,18H,3-4,14H2,1-2H3. The number of Topliss-reactive ketones (excluding diaryl/α,β-unsaturated/α-hetero) is 1. The second kappa shape index (κ2) is 5.82. The van der Waals surface area contributed by atoms with Crippen LogP contribution < -0.4 is 4.90 Å². The average molecular weight is 318 g/mol. The molecule has 0 saturated heterocycles. The molecule has 4 rings (SSSR count). The van der Waals surface area contributed by atoms with Gasteiger partial charge in [0.2, 0.25) is 0 Å². The number of hydrogen-bond donors (Lipinski definition) is 0. The van der Waals surface area contributed by atoms with Gasteiger partial charge in [0.05, 0.1) is 5.92 Å². The molecule has 3 aromatic rings. The lowest BCUT2D eigenvalue weighted by Gasteiger charge is -2.16. The van der Waals surface area contributed by atoms with Crippen molar-refractivity contribution in [3.05, 3.63) is 65.9 Å². The highest BCUT2D eigenvalue weighted by atomic mass is 16.1. The highest BCUT2D eigenvalue weighted by molar-refractivity contribution is 6.12. The molecule has 2 heterocycles. The van der Waals surface area contributed by atoms with Crippen molar-refractivity contribution in [3.8, 4) is 0 Å². The van der Waals surface area contributed by atoms with Gasteiger partial charge in [0.15, 0.2) is 5.78 Å². The van der Waals surface area contributed by atoms with E-state index in [1.807, 2.05) is 24.4 Å². The molecular formula is C21H22N2O. The van der Waals surface area contributed by atoms with Crippen molar-refractivity contribution in [2.45, 2.75) is 26.3 Å². The van der Waals surface area contributed by atoms with Gasteiger partial charge < -0.3 is 9.47 Å². The summed E-state index contributed by atoms with van der Waals surface area (Å²) in [7, 11) is 0. The lowest BCUT2D eigenvalue weighted by molar-refractivity contribution is 0.0966. The van der Waals surface area contributed by atoms with Crippen LogP contribution in [0, 0.1) is 0 Å². The van der Waals surface area contributed by atoms with Crippen LogP contribution in [-0.4, -0.2) is 23.4 Å². The van der Waals surface area contributed by atoms with Gasteiger partial charge in [0.1, 0.15) is 0 Å². The summed E-state index contributed by atoms with van der Waals surface area (Å²) >= 11 is 0. The summed E-state index contributed by atoms with van der Waals surface area (Å²) in [5, 5.41) is 1.07. The van der Waals surface area contributed by atoms with Gasteiger partial charge in [-0.3, -0.25) is 4.79 Å². The SMILES string of the molecule is CCN1CC(C(=O)c2cn(CC)c3ccccc23)c2ccccc21. The predicted octanol–water partition coefficient (Wildman–Crippen LogP) is 4.47. The van der Waals surface area contributed by atoms with Gasteiger partial charge in [-0.15, -0.1) is 0 Å². The Hall–Kier alpha value is -2.55. The lowest BCUT2D eigenvalue weighted by atomic mass is 9.92. The number of hydrogen-bond acceptors (Lipinski definition) is 2. The Labute approximate surface area is 142 Å². The number of anilines is 1. The Bertz CT molecular complexity index is 909. The zero-order valence-electron chi connectivity index (χ0n) is 14.2. The smallest absolute Gasteiger partial charge is 0.174 e. The number of nitrogens with zero attached hydrogens (tertiary/aromatic N) is 2. The Morgan fingerprint density at radius 1 is 1.04 bits per heavy atom. The third-order valence-corrected chi connectivity index (χ3v) is 5.15. The second-order valence-electron chi connectivity index (χ2n) is 6.36. The molecule has 0 amide bonds. The summed E-state index contributed by atoms with van der Waals surface area (Å²) in [5.41, 5.74) is 4.36. The molecule has 0 bridgehead atoms. The minimum Gasteiger partial charge on any atom is -0.370 e. The molecule has 0 spiro atoms. The summed E-state index contributed by atoms with van der Waals surface area (Å²) < 4.78 is 2.17. The fourth-order valence-electron chi connectivity index (χ4n) is 3.90. The van der Waals surface area contributed by atoms with Crippen molar-refractivity contribution in [1.29, 1.82) is 0 Å². The normalized spacial score (nSPS) is 16.6. The Kier molecular flexibility index (Phi) is 3.64. The van der Waals surface area contributed by atoms with Crippen LogP contribution in [0.25, 0.3) is 10.9 Å². The first kappa shape index (κ1) is 15.0. The molecular weight excluding hydrogens is 296 g/mol. The topological polar surface area (TPSA) is 25.2 Å². The number of para-hydroxylation sites is 2. The van der Waals surface area contributed by atoms with Crippen LogP contribution in [0.3, 0.4) is 0 Å². The molecule has 0 saturated carbocycles. The monoisotopic (exact) mass is 318 g/mol. The third kappa shape index (κ3) is 2.15. The van der Waals surface area contributed by atoms with Gasteiger partial charge >= 0.3 is 0 Å². The quantitative estimate of drug-likeness (QED) is 0.663. The minimum absolute atomic E-state index is 0.0720. The van der Waals surface area contributed by atoms with Crippen molar-refractivity contribution in [2.75, 3.05) is 18.0 Å². The van der Waals surface area contributed by atoms with Crippen LogP contribution in [0.15, 0.2) is 54.7 Å². The number of aromatic nitrogens is 1. The van der Waals surface area contributed by atoms with Crippen LogP contribution in [0.5, 0.6) is 0 Å². The van der Waals surface area contributed by atoms with Crippen molar-refractivity contribution in [2.24, 2.45) is 0 Å². The molecule has 2 aromatic carbocycles. The van der Waals surface area contributed by atoms with Crippen LogP contribution in [0.4, 0.5) is 5.69 Å². The van der Waals surface area contributed by atoms with Gasteiger partial charge in [0, 0.05) is 48.0 Å². The summed E-state index contributed by atoms with van der Waals surface area (Å²) in [5.74, 6) is 0.166. The molecule has 1 aliphatic heterocycles. The van der Waals surface area contributed by atoms with Crippen LogP contribution in [0.1, 0.15) is 35.7 Å². The predicted molar refractivity (Wildman–Crippen MR) is 99.0 cm³/mol. The molecule has 1 aromatic heterocycles. The van der Waals surface area contributed by atoms with E-state index in [9.17, 15) is 4.79 Å². The Morgan fingerprint density at radius 3 is 2.58 bits per heavy atom. The molecule has 3 nitrogen and oxygen atoms in total. The van der Waals surface area contributed by atoms with E-state index in [1.54, 1.807) is 0 Å². The first-order valence-electron chi connectivity index (χ1n) is 8.70. The van der Waals surface area contributed by atoms with E-state index in [-0.39, 0.29) is 11.7 Å². The molecule has 1 unspecified atom stereocenters. The van der Waals surface area contributed by atoms with Crippen molar-refractivity contribution in [1.82, 2.24) is 4.57 Å². The first-order valence-corrected chi connectivity index (χ1v) is 8.70. The molecule has 1 atom stereocenters. The fourth-order valence-corrected chi connectivity index (χ4v) is 3.90.